The largest absolute Gasteiger partial charge is 0.488 e. The number of ether oxygens (including phenoxy) is 1. The van der Waals surface area contributed by atoms with Gasteiger partial charge in [0.05, 0.1) is 6.10 Å². The maximum absolute atomic E-state index is 9.97. The lowest BCUT2D eigenvalue weighted by atomic mass is 10.1. The number of aliphatic hydroxyl groups excluding tert-OH is 1. The zero-order chi connectivity index (χ0) is 13.7. The van der Waals surface area contributed by atoms with Crippen LogP contribution in [0.3, 0.4) is 0 Å². The average molecular weight is 321 g/mol. The lowest BCUT2D eigenvalue weighted by Crippen LogP contribution is -2.02. The van der Waals surface area contributed by atoms with Crippen LogP contribution in [0.2, 0.25) is 0 Å². The highest BCUT2D eigenvalue weighted by molar-refractivity contribution is 9.10. The third kappa shape index (κ3) is 3.58. The molecule has 0 saturated heterocycles. The molecule has 2 nitrogen and oxygen atoms in total. The summed E-state index contributed by atoms with van der Waals surface area (Å²) in [5, 5.41) is 9.97. The summed E-state index contributed by atoms with van der Waals surface area (Å²) in [6.45, 7) is 2.43. The van der Waals surface area contributed by atoms with Crippen molar-refractivity contribution in [1.82, 2.24) is 0 Å². The quantitative estimate of drug-likeness (QED) is 0.880. The van der Waals surface area contributed by atoms with E-state index in [1.165, 1.54) is 0 Å². The van der Waals surface area contributed by atoms with E-state index in [0.717, 1.165) is 21.3 Å². The highest BCUT2D eigenvalue weighted by Crippen LogP contribution is 2.28. The maximum atomic E-state index is 9.97. The molecule has 0 heterocycles. The van der Waals surface area contributed by atoms with Gasteiger partial charge in [-0.05, 0) is 18.6 Å². The van der Waals surface area contributed by atoms with E-state index < -0.39 is 6.10 Å². The third-order valence-corrected chi connectivity index (χ3v) is 3.78. The number of para-hydroxylation sites is 1. The fourth-order valence-corrected chi connectivity index (χ4v) is 2.28. The predicted molar refractivity (Wildman–Crippen MR) is 80.2 cm³/mol. The number of hydrogen-bond donors (Lipinski definition) is 1. The highest BCUT2D eigenvalue weighted by Gasteiger charge is 2.11. The Morgan fingerprint density at radius 3 is 2.53 bits per heavy atom. The first-order chi connectivity index (χ1) is 9.22. The normalized spacial score (nSPS) is 12.2. The van der Waals surface area contributed by atoms with Gasteiger partial charge in [0.15, 0.2) is 0 Å². The summed E-state index contributed by atoms with van der Waals surface area (Å²) in [5.41, 5.74) is 1.93. The van der Waals surface area contributed by atoms with Gasteiger partial charge in [0.1, 0.15) is 12.4 Å². The van der Waals surface area contributed by atoms with Crippen LogP contribution in [0, 0.1) is 0 Å². The first-order valence-electron chi connectivity index (χ1n) is 6.35. The topological polar surface area (TPSA) is 29.5 Å². The summed E-state index contributed by atoms with van der Waals surface area (Å²) in [6, 6.07) is 15.6. The van der Waals surface area contributed by atoms with Crippen molar-refractivity contribution >= 4 is 15.9 Å². The van der Waals surface area contributed by atoms with Crippen LogP contribution in [0.1, 0.15) is 30.6 Å². The molecular weight excluding hydrogens is 304 g/mol. The van der Waals surface area contributed by atoms with Gasteiger partial charge in [-0.3, -0.25) is 0 Å². The Kier molecular flexibility index (Phi) is 5.00. The Bertz CT molecular complexity index is 540. The molecule has 0 spiro atoms. The molecule has 0 aliphatic heterocycles. The summed E-state index contributed by atoms with van der Waals surface area (Å²) in [7, 11) is 0. The van der Waals surface area contributed by atoms with Crippen molar-refractivity contribution in [1.29, 1.82) is 0 Å². The molecule has 0 aromatic heterocycles. The first-order valence-corrected chi connectivity index (χ1v) is 7.15. The molecule has 1 N–H and O–H groups in total. The number of benzene rings is 2. The van der Waals surface area contributed by atoms with Gasteiger partial charge in [-0.2, -0.15) is 0 Å². The van der Waals surface area contributed by atoms with Gasteiger partial charge in [0.25, 0.3) is 0 Å². The first kappa shape index (κ1) is 14.1. The minimum atomic E-state index is -0.476. The smallest absolute Gasteiger partial charge is 0.125 e. The minimum absolute atomic E-state index is 0.476. The fourth-order valence-electron chi connectivity index (χ4n) is 1.88. The van der Waals surface area contributed by atoms with Gasteiger partial charge in [-0.15, -0.1) is 0 Å². The molecule has 0 aliphatic rings. The second-order valence-corrected chi connectivity index (χ2v) is 5.20. The van der Waals surface area contributed by atoms with Crippen LogP contribution < -0.4 is 4.74 Å². The van der Waals surface area contributed by atoms with Crippen LogP contribution in [0.25, 0.3) is 0 Å². The van der Waals surface area contributed by atoms with E-state index in [1.807, 2.05) is 55.5 Å². The third-order valence-electron chi connectivity index (χ3n) is 3.01. The van der Waals surface area contributed by atoms with E-state index in [4.69, 9.17) is 4.74 Å². The molecule has 1 atom stereocenters. The standard InChI is InChI=1S/C16H17BrO2/c1-2-15(18)13-8-4-6-10-16(13)19-11-12-7-3-5-9-14(12)17/h3-10,15,18H,2,11H2,1H3/t15-/m0/s1. The molecular formula is C16H17BrO2. The van der Waals surface area contributed by atoms with Crippen molar-refractivity contribution in [2.24, 2.45) is 0 Å². The average Bonchev–Trinajstić information content (AvgIpc) is 2.46. The van der Waals surface area contributed by atoms with Crippen LogP contribution in [0.5, 0.6) is 5.75 Å². The van der Waals surface area contributed by atoms with Crippen molar-refractivity contribution in [3.63, 3.8) is 0 Å². The van der Waals surface area contributed by atoms with Gasteiger partial charge < -0.3 is 9.84 Å². The molecule has 0 aliphatic carbocycles. The summed E-state index contributed by atoms with van der Waals surface area (Å²) in [6.07, 6.45) is 0.200. The van der Waals surface area contributed by atoms with Crippen LogP contribution in [0.15, 0.2) is 53.0 Å². The van der Waals surface area contributed by atoms with E-state index in [2.05, 4.69) is 15.9 Å². The second-order valence-electron chi connectivity index (χ2n) is 4.34. The van der Waals surface area contributed by atoms with Crippen LogP contribution in [0.4, 0.5) is 0 Å². The van der Waals surface area contributed by atoms with Gasteiger partial charge >= 0.3 is 0 Å². The number of rotatable bonds is 5. The second kappa shape index (κ2) is 6.73. The molecule has 0 fully saturated rings. The Labute approximate surface area is 122 Å². The van der Waals surface area contributed by atoms with Gasteiger partial charge in [0.2, 0.25) is 0 Å². The number of halogens is 1. The van der Waals surface area contributed by atoms with Gasteiger partial charge in [0, 0.05) is 15.6 Å². The van der Waals surface area contributed by atoms with Gasteiger partial charge in [-0.25, -0.2) is 0 Å². The molecule has 2 rings (SSSR count). The molecule has 2 aromatic carbocycles. The van der Waals surface area contributed by atoms with Crippen molar-refractivity contribution in [2.45, 2.75) is 26.1 Å². The van der Waals surface area contributed by atoms with E-state index in [9.17, 15) is 5.11 Å². The minimum Gasteiger partial charge on any atom is -0.488 e. The Morgan fingerprint density at radius 1 is 1.11 bits per heavy atom. The van der Waals surface area contributed by atoms with E-state index >= 15 is 0 Å². The maximum Gasteiger partial charge on any atom is 0.125 e. The monoisotopic (exact) mass is 320 g/mol. The van der Waals surface area contributed by atoms with Crippen LogP contribution >= 0.6 is 15.9 Å². The predicted octanol–water partition coefficient (Wildman–Crippen LogP) is 4.47. The summed E-state index contributed by atoms with van der Waals surface area (Å²) in [4.78, 5) is 0. The zero-order valence-electron chi connectivity index (χ0n) is 10.8. The van der Waals surface area contributed by atoms with Crippen molar-refractivity contribution in [3.05, 3.63) is 64.1 Å². The van der Waals surface area contributed by atoms with Crippen molar-refractivity contribution in [2.75, 3.05) is 0 Å². The fraction of sp³-hybridized carbons (Fsp3) is 0.250. The summed E-state index contributed by atoms with van der Waals surface area (Å²) < 4.78 is 6.87. The van der Waals surface area contributed by atoms with Crippen molar-refractivity contribution < 1.29 is 9.84 Å². The SMILES string of the molecule is CC[C@H](O)c1ccccc1OCc1ccccc1Br. The summed E-state index contributed by atoms with van der Waals surface area (Å²) >= 11 is 3.50. The zero-order valence-corrected chi connectivity index (χ0v) is 12.4. The Hall–Kier alpha value is -1.32. The molecule has 2 aromatic rings. The molecule has 3 heteroatoms. The molecule has 19 heavy (non-hydrogen) atoms. The van der Waals surface area contributed by atoms with Crippen LogP contribution in [-0.4, -0.2) is 5.11 Å². The molecule has 0 amide bonds. The Morgan fingerprint density at radius 2 is 1.79 bits per heavy atom. The Balaban J connectivity index is 2.14. The van der Waals surface area contributed by atoms with Gasteiger partial charge in [-0.1, -0.05) is 59.3 Å². The highest BCUT2D eigenvalue weighted by atomic mass is 79.9. The molecule has 0 radical (unpaired) electrons. The molecule has 0 bridgehead atoms. The summed E-state index contributed by atoms with van der Waals surface area (Å²) in [5.74, 6) is 0.743. The lowest BCUT2D eigenvalue weighted by molar-refractivity contribution is 0.166. The van der Waals surface area contributed by atoms with Crippen LogP contribution in [-0.2, 0) is 6.61 Å². The molecule has 100 valence electrons. The lowest BCUT2D eigenvalue weighted by Gasteiger charge is -2.15. The number of hydrogen-bond acceptors (Lipinski definition) is 2. The van der Waals surface area contributed by atoms with E-state index in [0.29, 0.717) is 13.0 Å². The van der Waals surface area contributed by atoms with E-state index in [1.54, 1.807) is 0 Å². The number of aliphatic hydroxyl groups is 1. The molecule has 0 unspecified atom stereocenters. The molecule has 0 saturated carbocycles. The van der Waals surface area contributed by atoms with E-state index in [-0.39, 0.29) is 0 Å². The van der Waals surface area contributed by atoms with Crippen molar-refractivity contribution in [3.8, 4) is 5.75 Å².